The first-order valence-corrected chi connectivity index (χ1v) is 8.76. The average Bonchev–Trinajstić information content (AvgIpc) is 2.63. The van der Waals surface area contributed by atoms with E-state index in [1.165, 1.54) is 25.3 Å². The van der Waals surface area contributed by atoms with Crippen LogP contribution >= 0.6 is 23.2 Å². The summed E-state index contributed by atoms with van der Waals surface area (Å²) < 4.78 is 5.16. The third kappa shape index (κ3) is 5.32. The molecule has 2 rings (SSSR count). The monoisotopic (exact) mass is 411 g/mol. The van der Waals surface area contributed by atoms with Gasteiger partial charge in [0.05, 0.1) is 33.8 Å². The Hall–Kier alpha value is -2.35. The molecule has 2 aromatic rings. The summed E-state index contributed by atoms with van der Waals surface area (Å²) in [6.45, 7) is 2.20. The van der Waals surface area contributed by atoms with Gasteiger partial charge in [-0.1, -0.05) is 29.3 Å². The van der Waals surface area contributed by atoms with Gasteiger partial charge in [-0.15, -0.1) is 0 Å². The van der Waals surface area contributed by atoms with Crippen LogP contribution in [-0.2, 0) is 11.3 Å². The lowest BCUT2D eigenvalue weighted by atomic mass is 10.1. The number of halogens is 2. The number of rotatable bonds is 7. The van der Waals surface area contributed by atoms with E-state index in [4.69, 9.17) is 27.9 Å². The normalized spacial score (nSPS) is 11.9. The van der Waals surface area contributed by atoms with Crippen LogP contribution in [0.25, 0.3) is 0 Å². The van der Waals surface area contributed by atoms with Gasteiger partial charge in [-0.2, -0.15) is 0 Å². The second-order valence-corrected chi connectivity index (χ2v) is 6.78. The number of methoxy groups -OCH3 is 1. The summed E-state index contributed by atoms with van der Waals surface area (Å²) in [6.07, 6.45) is 0. The number of non-ortho nitro benzene ring substituents is 1. The van der Waals surface area contributed by atoms with E-state index in [2.05, 4.69) is 5.32 Å². The van der Waals surface area contributed by atoms with E-state index in [1.54, 1.807) is 26.1 Å². The molecule has 0 radical (unpaired) electrons. The van der Waals surface area contributed by atoms with Gasteiger partial charge in [0.15, 0.2) is 0 Å². The number of ether oxygens (including phenoxy) is 1. The first-order valence-electron chi connectivity index (χ1n) is 8.00. The summed E-state index contributed by atoms with van der Waals surface area (Å²) in [5.74, 6) is 0.0182. The Morgan fingerprint density at radius 2 is 1.96 bits per heavy atom. The number of carbonyl (C=O) groups excluding carboxylic acids is 1. The van der Waals surface area contributed by atoms with Crippen molar-refractivity contribution in [1.82, 2.24) is 4.90 Å². The maximum atomic E-state index is 12.6. The largest absolute Gasteiger partial charge is 0.495 e. The van der Waals surface area contributed by atoms with E-state index in [1.807, 2.05) is 11.0 Å². The molecule has 0 aliphatic rings. The zero-order chi connectivity index (χ0) is 20.1. The first-order chi connectivity index (χ1) is 12.7. The van der Waals surface area contributed by atoms with Gasteiger partial charge in [-0.05, 0) is 37.7 Å². The Labute approximate surface area is 167 Å². The van der Waals surface area contributed by atoms with Gasteiger partial charge in [0.1, 0.15) is 5.75 Å². The van der Waals surface area contributed by atoms with Crippen LogP contribution in [-0.4, -0.2) is 35.9 Å². The number of hydrogen-bond acceptors (Lipinski definition) is 5. The smallest absolute Gasteiger partial charge is 0.271 e. The first kappa shape index (κ1) is 21.0. The van der Waals surface area contributed by atoms with Crippen LogP contribution in [0.3, 0.4) is 0 Å². The molecule has 1 N–H and O–H groups in total. The molecule has 0 bridgehead atoms. The topological polar surface area (TPSA) is 84.7 Å². The van der Waals surface area contributed by atoms with Crippen LogP contribution in [0.4, 0.5) is 11.4 Å². The van der Waals surface area contributed by atoms with Crippen LogP contribution in [0.2, 0.25) is 10.0 Å². The Bertz CT molecular complexity index is 860. The highest BCUT2D eigenvalue weighted by Gasteiger charge is 2.21. The Morgan fingerprint density at radius 1 is 1.26 bits per heavy atom. The summed E-state index contributed by atoms with van der Waals surface area (Å²) in [6, 6.07) is 8.79. The summed E-state index contributed by atoms with van der Waals surface area (Å²) in [5.41, 5.74) is 1.01. The highest BCUT2D eigenvalue weighted by atomic mass is 35.5. The highest BCUT2D eigenvalue weighted by molar-refractivity contribution is 6.42. The standard InChI is InChI=1S/C18H19Cl2N3O4/c1-11(22(2)10-12-4-6-14(19)15(20)8-12)18(24)21-16-9-13(23(25)26)5-7-17(16)27-3/h4-9,11H,10H2,1-3H3,(H,21,24)/t11-/m0/s1. The Balaban J connectivity index is 2.11. The second-order valence-electron chi connectivity index (χ2n) is 5.97. The van der Waals surface area contributed by atoms with Crippen LogP contribution in [0.5, 0.6) is 5.75 Å². The molecule has 7 nitrogen and oxygen atoms in total. The van der Waals surface area contributed by atoms with E-state index in [9.17, 15) is 14.9 Å². The third-order valence-corrected chi connectivity index (χ3v) is 4.85. The minimum atomic E-state index is -0.533. The minimum absolute atomic E-state index is 0.136. The fourth-order valence-electron chi connectivity index (χ4n) is 2.41. The molecule has 0 aliphatic heterocycles. The lowest BCUT2D eigenvalue weighted by Crippen LogP contribution is -2.39. The number of benzene rings is 2. The molecular weight excluding hydrogens is 393 g/mol. The van der Waals surface area contributed by atoms with Gasteiger partial charge >= 0.3 is 0 Å². The van der Waals surface area contributed by atoms with Gasteiger partial charge in [0.25, 0.3) is 5.69 Å². The molecule has 0 aliphatic carbocycles. The van der Waals surface area contributed by atoms with E-state index in [0.717, 1.165) is 5.56 Å². The van der Waals surface area contributed by atoms with E-state index in [0.29, 0.717) is 22.3 Å². The van der Waals surface area contributed by atoms with E-state index in [-0.39, 0.29) is 17.3 Å². The second kappa shape index (κ2) is 9.03. The fourth-order valence-corrected chi connectivity index (χ4v) is 2.73. The van der Waals surface area contributed by atoms with Crippen molar-refractivity contribution in [2.24, 2.45) is 0 Å². The molecule has 0 fully saturated rings. The molecule has 0 spiro atoms. The molecule has 0 saturated heterocycles. The number of anilines is 1. The molecule has 1 amide bonds. The summed E-state index contributed by atoms with van der Waals surface area (Å²) >= 11 is 11.9. The number of nitro groups is 1. The lowest BCUT2D eigenvalue weighted by molar-refractivity contribution is -0.384. The zero-order valence-corrected chi connectivity index (χ0v) is 16.5. The summed E-state index contributed by atoms with van der Waals surface area (Å²) in [7, 11) is 3.22. The van der Waals surface area contributed by atoms with Crippen LogP contribution in [0, 0.1) is 10.1 Å². The molecule has 144 valence electrons. The van der Waals surface area contributed by atoms with Gasteiger partial charge in [0.2, 0.25) is 5.91 Å². The average molecular weight is 412 g/mol. The number of likely N-dealkylation sites (N-methyl/N-ethyl adjacent to an activating group) is 1. The van der Waals surface area contributed by atoms with Crippen LogP contribution in [0.15, 0.2) is 36.4 Å². The number of hydrogen-bond donors (Lipinski definition) is 1. The molecule has 0 saturated carbocycles. The van der Waals surface area contributed by atoms with E-state index >= 15 is 0 Å². The summed E-state index contributed by atoms with van der Waals surface area (Å²) in [5, 5.41) is 14.6. The minimum Gasteiger partial charge on any atom is -0.495 e. The van der Waals surface area contributed by atoms with Crippen molar-refractivity contribution in [3.05, 3.63) is 62.1 Å². The predicted molar refractivity (Wildman–Crippen MR) is 106 cm³/mol. The molecule has 0 heterocycles. The Kier molecular flexibility index (Phi) is 7.01. The fraction of sp³-hybridized carbons (Fsp3) is 0.278. The maximum absolute atomic E-state index is 12.6. The van der Waals surface area contributed by atoms with E-state index < -0.39 is 11.0 Å². The van der Waals surface area contributed by atoms with Crippen molar-refractivity contribution in [2.45, 2.75) is 19.5 Å². The van der Waals surface area contributed by atoms with Gasteiger partial charge in [0, 0.05) is 18.7 Å². The van der Waals surface area contributed by atoms with Crippen LogP contribution < -0.4 is 10.1 Å². The quantitative estimate of drug-likeness (QED) is 0.539. The molecule has 0 aromatic heterocycles. The molecule has 9 heteroatoms. The van der Waals surface area contributed by atoms with Crippen molar-refractivity contribution < 1.29 is 14.5 Å². The van der Waals surface area contributed by atoms with Gasteiger partial charge in [-0.3, -0.25) is 19.8 Å². The van der Waals surface area contributed by atoms with Crippen molar-refractivity contribution in [2.75, 3.05) is 19.5 Å². The zero-order valence-electron chi connectivity index (χ0n) is 15.0. The molecule has 27 heavy (non-hydrogen) atoms. The number of nitro benzene ring substituents is 1. The molecule has 0 unspecified atom stereocenters. The predicted octanol–water partition coefficient (Wildman–Crippen LogP) is 4.37. The highest BCUT2D eigenvalue weighted by Crippen LogP contribution is 2.29. The van der Waals surface area contributed by atoms with Crippen molar-refractivity contribution >= 4 is 40.5 Å². The number of nitrogens with zero attached hydrogens (tertiary/aromatic N) is 2. The Morgan fingerprint density at radius 3 is 2.56 bits per heavy atom. The SMILES string of the molecule is COc1ccc([N+](=O)[O-])cc1NC(=O)[C@H](C)N(C)Cc1ccc(Cl)c(Cl)c1. The molecule has 1 atom stereocenters. The summed E-state index contributed by atoms with van der Waals surface area (Å²) in [4.78, 5) is 24.8. The van der Waals surface area contributed by atoms with Crippen LogP contribution in [0.1, 0.15) is 12.5 Å². The number of nitrogens with one attached hydrogen (secondary N) is 1. The van der Waals surface area contributed by atoms with Crippen molar-refractivity contribution in [3.63, 3.8) is 0 Å². The van der Waals surface area contributed by atoms with Gasteiger partial charge in [-0.25, -0.2) is 0 Å². The van der Waals surface area contributed by atoms with Gasteiger partial charge < -0.3 is 10.1 Å². The molecular formula is C18H19Cl2N3O4. The number of amides is 1. The number of carbonyl (C=O) groups is 1. The lowest BCUT2D eigenvalue weighted by Gasteiger charge is -2.24. The van der Waals surface area contributed by atoms with Crippen molar-refractivity contribution in [1.29, 1.82) is 0 Å². The molecule has 2 aromatic carbocycles. The van der Waals surface area contributed by atoms with Crippen molar-refractivity contribution in [3.8, 4) is 5.75 Å². The maximum Gasteiger partial charge on any atom is 0.271 e. The third-order valence-electron chi connectivity index (χ3n) is 4.11.